The Morgan fingerprint density at radius 1 is 1.32 bits per heavy atom. The van der Waals surface area contributed by atoms with Gasteiger partial charge < -0.3 is 19.6 Å². The lowest BCUT2D eigenvalue weighted by molar-refractivity contribution is 0.0547. The first-order valence-corrected chi connectivity index (χ1v) is 12.3. The van der Waals surface area contributed by atoms with Gasteiger partial charge in [0.05, 0.1) is 6.26 Å². The maximum atomic E-state index is 13.2. The number of nitrogens with one attached hydrogen (secondary N) is 1. The van der Waals surface area contributed by atoms with E-state index in [1.54, 1.807) is 24.6 Å². The molecule has 31 heavy (non-hydrogen) atoms. The highest BCUT2D eigenvalue weighted by Crippen LogP contribution is 2.36. The molecule has 2 N–H and O–H groups in total. The van der Waals surface area contributed by atoms with Crippen molar-refractivity contribution in [1.82, 2.24) is 9.97 Å². The molecule has 5 rings (SSSR count). The number of rotatable bonds is 6. The van der Waals surface area contributed by atoms with Crippen LogP contribution in [-0.4, -0.2) is 39.8 Å². The van der Waals surface area contributed by atoms with Crippen molar-refractivity contribution in [2.24, 2.45) is 5.92 Å². The molecule has 3 aromatic heterocycles. The minimum atomic E-state index is -0.966. The van der Waals surface area contributed by atoms with E-state index in [1.165, 1.54) is 16.9 Å². The average Bonchev–Trinajstić information content (AvgIpc) is 3.49. The molecule has 1 saturated heterocycles. The van der Waals surface area contributed by atoms with Gasteiger partial charge in [-0.25, -0.2) is 4.98 Å². The number of furan rings is 1. The topological polar surface area (TPSA) is 97.5 Å². The van der Waals surface area contributed by atoms with E-state index in [9.17, 15) is 9.90 Å². The first-order valence-electron chi connectivity index (χ1n) is 10.4. The molecule has 5 heterocycles. The zero-order chi connectivity index (χ0) is 21.2. The number of ether oxygens (including phenoxy) is 1. The number of thioether (sulfide) groups is 1. The zero-order valence-corrected chi connectivity index (χ0v) is 18.5. The number of hydrogen-bond donors (Lipinski definition) is 2. The van der Waals surface area contributed by atoms with Crippen LogP contribution in [0.25, 0.3) is 11.5 Å². The number of aliphatic hydroxyl groups is 1. The Hall–Kier alpha value is -2.20. The van der Waals surface area contributed by atoms with Crippen molar-refractivity contribution in [3.05, 3.63) is 52.4 Å². The number of carbonyl (C=O) groups excluding carboxylic acids is 1. The van der Waals surface area contributed by atoms with Gasteiger partial charge in [-0.1, -0.05) is 11.3 Å². The van der Waals surface area contributed by atoms with Crippen LogP contribution in [0.4, 0.5) is 5.13 Å². The van der Waals surface area contributed by atoms with Crippen molar-refractivity contribution in [2.45, 2.75) is 31.2 Å². The molecule has 0 saturated carbocycles. The predicted molar refractivity (Wildman–Crippen MR) is 120 cm³/mol. The third kappa shape index (κ3) is 4.41. The zero-order valence-electron chi connectivity index (χ0n) is 16.9. The van der Waals surface area contributed by atoms with Crippen molar-refractivity contribution < 1.29 is 19.1 Å². The van der Waals surface area contributed by atoms with Crippen molar-refractivity contribution in [1.29, 1.82) is 0 Å². The van der Waals surface area contributed by atoms with Gasteiger partial charge in [0.15, 0.2) is 22.9 Å². The van der Waals surface area contributed by atoms with Gasteiger partial charge in [-0.2, -0.15) is 11.8 Å². The monoisotopic (exact) mass is 457 g/mol. The molecule has 1 atom stereocenters. The van der Waals surface area contributed by atoms with E-state index in [1.807, 2.05) is 17.8 Å². The molecule has 0 amide bonds. The highest BCUT2D eigenvalue weighted by atomic mass is 32.2. The summed E-state index contributed by atoms with van der Waals surface area (Å²) in [5, 5.41) is 14.3. The number of thiazole rings is 1. The van der Waals surface area contributed by atoms with Crippen LogP contribution < -0.4 is 5.32 Å². The fraction of sp³-hybridized carbons (Fsp3) is 0.409. The molecule has 0 radical (unpaired) electrons. The van der Waals surface area contributed by atoms with E-state index in [2.05, 4.69) is 15.3 Å². The summed E-state index contributed by atoms with van der Waals surface area (Å²) in [6.07, 6.45) is 4.68. The number of carbonyl (C=O) groups is 1. The van der Waals surface area contributed by atoms with Gasteiger partial charge in [0.25, 0.3) is 0 Å². The summed E-state index contributed by atoms with van der Waals surface area (Å²) in [5.41, 5.74) is 3.48. The summed E-state index contributed by atoms with van der Waals surface area (Å²) in [4.78, 5) is 22.9. The molecular formula is C22H23N3O4S2. The maximum absolute atomic E-state index is 13.2. The van der Waals surface area contributed by atoms with E-state index in [0.717, 1.165) is 23.6 Å². The molecule has 0 bridgehead atoms. The van der Waals surface area contributed by atoms with Crippen LogP contribution in [0.15, 0.2) is 35.1 Å². The standard InChI is InChI=1S/C22H23N3O4S2/c26-19(13-3-7-28-8-4-13)20-18(17-2-1-6-29-17)24-22(31-20)25-21(27)14-10-15-12-30-9-5-16(15)23-11-14/h1-2,6,10-11,13,21,27H,3-5,7-9,12H2,(H,24,25). The van der Waals surface area contributed by atoms with Crippen LogP contribution in [0.5, 0.6) is 0 Å². The van der Waals surface area contributed by atoms with Gasteiger partial charge in [0, 0.05) is 42.3 Å². The third-order valence-electron chi connectivity index (χ3n) is 5.60. The van der Waals surface area contributed by atoms with Crippen molar-refractivity contribution in [3.63, 3.8) is 0 Å². The van der Waals surface area contributed by atoms with Crippen LogP contribution in [-0.2, 0) is 16.9 Å². The molecule has 2 aliphatic heterocycles. The molecule has 2 aliphatic rings. The maximum Gasteiger partial charge on any atom is 0.186 e. The number of aromatic nitrogens is 2. The van der Waals surface area contributed by atoms with Crippen LogP contribution in [0, 0.1) is 5.92 Å². The lowest BCUT2D eigenvalue weighted by atomic mass is 9.94. The van der Waals surface area contributed by atoms with E-state index in [0.29, 0.717) is 53.1 Å². The molecule has 0 aliphatic carbocycles. The van der Waals surface area contributed by atoms with Gasteiger partial charge in [0.1, 0.15) is 10.6 Å². The molecule has 0 aromatic carbocycles. The molecule has 0 spiro atoms. The molecular weight excluding hydrogens is 434 g/mol. The second-order valence-electron chi connectivity index (χ2n) is 7.65. The van der Waals surface area contributed by atoms with Crippen LogP contribution in [0.2, 0.25) is 0 Å². The van der Waals surface area contributed by atoms with Crippen molar-refractivity contribution >= 4 is 34.0 Å². The summed E-state index contributed by atoms with van der Waals surface area (Å²) < 4.78 is 10.9. The van der Waals surface area contributed by atoms with Gasteiger partial charge in [-0.05, 0) is 48.8 Å². The van der Waals surface area contributed by atoms with Crippen LogP contribution >= 0.6 is 23.1 Å². The molecule has 7 nitrogen and oxygen atoms in total. The van der Waals surface area contributed by atoms with Gasteiger partial charge in [0.2, 0.25) is 0 Å². The fourth-order valence-electron chi connectivity index (χ4n) is 3.88. The van der Waals surface area contributed by atoms with Gasteiger partial charge in [-0.15, -0.1) is 0 Å². The number of ketones is 1. The van der Waals surface area contributed by atoms with Gasteiger partial charge in [-0.3, -0.25) is 9.78 Å². The third-order valence-corrected chi connectivity index (χ3v) is 7.60. The predicted octanol–water partition coefficient (Wildman–Crippen LogP) is 4.30. The normalized spacial score (nSPS) is 17.8. The first kappa shape index (κ1) is 20.7. The van der Waals surface area contributed by atoms with Crippen molar-refractivity contribution in [3.8, 4) is 11.5 Å². The lowest BCUT2D eigenvalue weighted by Crippen LogP contribution is -2.23. The Bertz CT molecular complexity index is 1060. The second-order valence-corrected chi connectivity index (χ2v) is 9.75. The Morgan fingerprint density at radius 3 is 3.00 bits per heavy atom. The Balaban J connectivity index is 1.41. The first-order chi connectivity index (χ1) is 15.2. The molecule has 162 valence electrons. The molecule has 3 aromatic rings. The minimum Gasteiger partial charge on any atom is -0.463 e. The van der Waals surface area contributed by atoms with E-state index >= 15 is 0 Å². The minimum absolute atomic E-state index is 0.0576. The Labute approximate surface area is 188 Å². The smallest absolute Gasteiger partial charge is 0.186 e. The summed E-state index contributed by atoms with van der Waals surface area (Å²) in [5.74, 6) is 2.51. The summed E-state index contributed by atoms with van der Waals surface area (Å²) in [6, 6.07) is 5.57. The number of hydrogen-bond acceptors (Lipinski definition) is 9. The number of aryl methyl sites for hydroxylation is 1. The molecule has 1 fully saturated rings. The Morgan fingerprint density at radius 2 is 2.19 bits per heavy atom. The van der Waals surface area contributed by atoms with Crippen LogP contribution in [0.3, 0.4) is 0 Å². The number of pyridine rings is 1. The Kier molecular flexibility index (Phi) is 6.08. The largest absolute Gasteiger partial charge is 0.463 e. The highest BCUT2D eigenvalue weighted by Gasteiger charge is 2.29. The second kappa shape index (κ2) is 9.12. The molecule has 9 heteroatoms. The number of aliphatic hydroxyl groups excluding tert-OH is 1. The summed E-state index contributed by atoms with van der Waals surface area (Å²) in [6.45, 7) is 1.19. The number of fused-ring (bicyclic) bond motifs is 1. The van der Waals surface area contributed by atoms with E-state index in [4.69, 9.17) is 9.15 Å². The lowest BCUT2D eigenvalue weighted by Gasteiger charge is -2.20. The molecule has 1 unspecified atom stereocenters. The number of Topliss-reactive ketones (excluding diaryl/α,β-unsaturated/α-hetero) is 1. The average molecular weight is 458 g/mol. The quantitative estimate of drug-likeness (QED) is 0.418. The summed E-state index contributed by atoms with van der Waals surface area (Å²) >= 11 is 3.13. The summed E-state index contributed by atoms with van der Waals surface area (Å²) in [7, 11) is 0. The van der Waals surface area contributed by atoms with E-state index in [-0.39, 0.29) is 11.7 Å². The number of anilines is 1. The van der Waals surface area contributed by atoms with E-state index < -0.39 is 6.23 Å². The fourth-order valence-corrected chi connectivity index (χ4v) is 5.85. The van der Waals surface area contributed by atoms with Gasteiger partial charge >= 0.3 is 0 Å². The number of nitrogens with zero attached hydrogens (tertiary/aromatic N) is 2. The van der Waals surface area contributed by atoms with Crippen molar-refractivity contribution in [2.75, 3.05) is 24.3 Å². The van der Waals surface area contributed by atoms with Crippen LogP contribution in [0.1, 0.15) is 45.6 Å². The SMILES string of the molecule is O=C(c1sc(NC(O)c2cnc3c(c2)CSCC3)nc1-c1ccco1)C1CCOCC1. The highest BCUT2D eigenvalue weighted by molar-refractivity contribution is 7.98.